The van der Waals surface area contributed by atoms with E-state index >= 15 is 0 Å². The molecule has 0 aliphatic heterocycles. The lowest BCUT2D eigenvalue weighted by Gasteiger charge is -2.08. The third-order valence-electron chi connectivity index (χ3n) is 4.24. The predicted octanol–water partition coefficient (Wildman–Crippen LogP) is 6.86. The van der Waals surface area contributed by atoms with Crippen LogP contribution in [0.25, 0.3) is 17.2 Å². The van der Waals surface area contributed by atoms with Crippen LogP contribution in [0.3, 0.4) is 0 Å². The molecule has 2 aromatic carbocycles. The van der Waals surface area contributed by atoms with Crippen molar-refractivity contribution in [3.05, 3.63) is 80.7 Å². The van der Waals surface area contributed by atoms with Crippen LogP contribution in [0.4, 0.5) is 5.00 Å². The molecule has 1 amide bonds. The van der Waals surface area contributed by atoms with Crippen LogP contribution in [0.15, 0.2) is 54.6 Å². The molecule has 30 heavy (non-hydrogen) atoms. The van der Waals surface area contributed by atoms with Crippen molar-refractivity contribution in [3.8, 4) is 11.1 Å². The number of thiophene rings is 1. The SMILES string of the molecule is CCOC(=O)c1c(NC(=O)/C=C/c2ccc(Cl)cc2Cl)sc(C)c1-c1ccccc1. The van der Waals surface area contributed by atoms with Crippen LogP contribution in [-0.2, 0) is 9.53 Å². The minimum atomic E-state index is -0.472. The largest absolute Gasteiger partial charge is 0.462 e. The normalized spacial score (nSPS) is 10.9. The number of ether oxygens (including phenoxy) is 1. The quantitative estimate of drug-likeness (QED) is 0.323. The van der Waals surface area contributed by atoms with E-state index in [-0.39, 0.29) is 12.5 Å². The summed E-state index contributed by atoms with van der Waals surface area (Å²) >= 11 is 13.4. The molecule has 1 heterocycles. The highest BCUT2D eigenvalue weighted by Gasteiger charge is 2.25. The molecule has 0 spiro atoms. The molecule has 0 aliphatic rings. The Hall–Kier alpha value is -2.60. The van der Waals surface area contributed by atoms with Crippen LogP contribution in [0, 0.1) is 6.92 Å². The maximum absolute atomic E-state index is 12.7. The first-order valence-electron chi connectivity index (χ1n) is 9.20. The van der Waals surface area contributed by atoms with Crippen LogP contribution >= 0.6 is 34.5 Å². The molecule has 0 atom stereocenters. The van der Waals surface area contributed by atoms with Gasteiger partial charge in [0, 0.05) is 26.6 Å². The fourth-order valence-electron chi connectivity index (χ4n) is 2.94. The smallest absolute Gasteiger partial charge is 0.341 e. The topological polar surface area (TPSA) is 55.4 Å². The number of esters is 1. The number of rotatable bonds is 6. The van der Waals surface area contributed by atoms with Crippen LogP contribution in [-0.4, -0.2) is 18.5 Å². The summed E-state index contributed by atoms with van der Waals surface area (Å²) in [6.45, 7) is 3.90. The molecule has 1 aromatic heterocycles. The number of aryl methyl sites for hydroxylation is 1. The number of benzene rings is 2. The van der Waals surface area contributed by atoms with E-state index < -0.39 is 5.97 Å². The minimum absolute atomic E-state index is 0.240. The predicted molar refractivity (Wildman–Crippen MR) is 125 cm³/mol. The summed E-state index contributed by atoms with van der Waals surface area (Å²) in [5.74, 6) is -0.854. The second kappa shape index (κ2) is 9.94. The highest BCUT2D eigenvalue weighted by Crippen LogP contribution is 2.40. The number of amides is 1. The van der Waals surface area contributed by atoms with Crippen molar-refractivity contribution >= 4 is 57.5 Å². The Balaban J connectivity index is 1.92. The summed E-state index contributed by atoms with van der Waals surface area (Å²) in [7, 11) is 0. The van der Waals surface area contributed by atoms with Gasteiger partial charge in [0.1, 0.15) is 10.6 Å². The highest BCUT2D eigenvalue weighted by atomic mass is 35.5. The van der Waals surface area contributed by atoms with Crippen LogP contribution < -0.4 is 5.32 Å². The molecule has 0 saturated heterocycles. The van der Waals surface area contributed by atoms with Crippen molar-refractivity contribution in [2.45, 2.75) is 13.8 Å². The van der Waals surface area contributed by atoms with Crippen LogP contribution in [0.1, 0.15) is 27.7 Å². The monoisotopic (exact) mass is 459 g/mol. The first-order valence-corrected chi connectivity index (χ1v) is 10.8. The van der Waals surface area contributed by atoms with Crippen LogP contribution in [0.5, 0.6) is 0 Å². The Morgan fingerprint density at radius 1 is 1.13 bits per heavy atom. The summed E-state index contributed by atoms with van der Waals surface area (Å²) in [6.07, 6.45) is 2.96. The fraction of sp³-hybridized carbons (Fsp3) is 0.130. The van der Waals surface area contributed by atoms with E-state index in [0.717, 1.165) is 16.0 Å². The standard InChI is InChI=1S/C23H19Cl2NO3S/c1-3-29-23(28)21-20(16-7-5-4-6-8-16)14(2)30-22(21)26-19(27)12-10-15-9-11-17(24)13-18(15)25/h4-13H,3H2,1-2H3,(H,26,27)/b12-10+. The van der Waals surface area contributed by atoms with Gasteiger partial charge in [0.2, 0.25) is 5.91 Å². The van der Waals surface area contributed by atoms with E-state index in [9.17, 15) is 9.59 Å². The molecule has 154 valence electrons. The lowest BCUT2D eigenvalue weighted by Crippen LogP contribution is -2.12. The molecule has 0 unspecified atom stereocenters. The van der Waals surface area contributed by atoms with Gasteiger partial charge >= 0.3 is 5.97 Å². The van der Waals surface area contributed by atoms with Gasteiger partial charge in [-0.05, 0) is 43.2 Å². The second-order valence-corrected chi connectivity index (χ2v) is 8.38. The number of halogens is 2. The van der Waals surface area contributed by atoms with Gasteiger partial charge in [-0.25, -0.2) is 4.79 Å². The highest BCUT2D eigenvalue weighted by molar-refractivity contribution is 7.17. The average Bonchev–Trinajstić information content (AvgIpc) is 3.03. The third-order valence-corrected chi connectivity index (χ3v) is 5.82. The van der Waals surface area contributed by atoms with Crippen molar-refractivity contribution in [1.82, 2.24) is 0 Å². The van der Waals surface area contributed by atoms with Gasteiger partial charge < -0.3 is 10.1 Å². The Bertz CT molecular complexity index is 1110. The molecule has 0 bridgehead atoms. The van der Waals surface area contributed by atoms with Gasteiger partial charge in [0.25, 0.3) is 0 Å². The van der Waals surface area contributed by atoms with E-state index in [1.165, 1.54) is 17.4 Å². The van der Waals surface area contributed by atoms with Crippen molar-refractivity contribution < 1.29 is 14.3 Å². The number of hydrogen-bond donors (Lipinski definition) is 1. The van der Waals surface area contributed by atoms with Crippen molar-refractivity contribution in [2.24, 2.45) is 0 Å². The maximum atomic E-state index is 12.7. The first kappa shape index (κ1) is 22.1. The van der Waals surface area contributed by atoms with Gasteiger partial charge in [-0.1, -0.05) is 59.6 Å². The molecule has 0 saturated carbocycles. The Kier molecular flexibility index (Phi) is 7.32. The Morgan fingerprint density at radius 3 is 2.53 bits per heavy atom. The summed E-state index contributed by atoms with van der Waals surface area (Å²) in [5.41, 5.74) is 2.67. The number of nitrogens with one attached hydrogen (secondary N) is 1. The van der Waals surface area contributed by atoms with Crippen molar-refractivity contribution in [3.63, 3.8) is 0 Å². The average molecular weight is 460 g/mol. The molecule has 0 fully saturated rings. The molecule has 0 aliphatic carbocycles. The Labute approximate surface area is 189 Å². The maximum Gasteiger partial charge on any atom is 0.341 e. The lowest BCUT2D eigenvalue weighted by molar-refractivity contribution is -0.111. The van der Waals surface area contributed by atoms with E-state index in [0.29, 0.717) is 26.2 Å². The molecule has 0 radical (unpaired) electrons. The van der Waals surface area contributed by atoms with Crippen molar-refractivity contribution in [1.29, 1.82) is 0 Å². The van der Waals surface area contributed by atoms with Gasteiger partial charge in [-0.2, -0.15) is 0 Å². The zero-order valence-corrected chi connectivity index (χ0v) is 18.7. The van der Waals surface area contributed by atoms with Gasteiger partial charge in [0.05, 0.1) is 6.61 Å². The molecular weight excluding hydrogens is 441 g/mol. The molecule has 3 rings (SSSR count). The minimum Gasteiger partial charge on any atom is -0.462 e. The molecule has 1 N–H and O–H groups in total. The van der Waals surface area contributed by atoms with E-state index in [1.807, 2.05) is 37.3 Å². The molecular formula is C23H19Cl2NO3S. The molecule has 4 nitrogen and oxygen atoms in total. The number of hydrogen-bond acceptors (Lipinski definition) is 4. The number of carbonyl (C=O) groups is 2. The Morgan fingerprint density at radius 2 is 1.87 bits per heavy atom. The summed E-state index contributed by atoms with van der Waals surface area (Å²) < 4.78 is 5.25. The zero-order chi connectivity index (χ0) is 21.7. The van der Waals surface area contributed by atoms with Gasteiger partial charge in [-0.3, -0.25) is 4.79 Å². The lowest BCUT2D eigenvalue weighted by atomic mass is 10.0. The van der Waals surface area contributed by atoms with E-state index in [2.05, 4.69) is 5.32 Å². The summed E-state index contributed by atoms with van der Waals surface area (Å²) in [4.78, 5) is 26.1. The first-order chi connectivity index (χ1) is 14.4. The zero-order valence-electron chi connectivity index (χ0n) is 16.4. The summed E-state index contributed by atoms with van der Waals surface area (Å²) in [5, 5.41) is 4.21. The second-order valence-electron chi connectivity index (χ2n) is 6.31. The molecule has 7 heteroatoms. The summed E-state index contributed by atoms with van der Waals surface area (Å²) in [6, 6.07) is 14.6. The number of anilines is 1. The van der Waals surface area contributed by atoms with E-state index in [4.69, 9.17) is 27.9 Å². The van der Waals surface area contributed by atoms with Crippen LogP contribution in [0.2, 0.25) is 10.0 Å². The number of carbonyl (C=O) groups excluding carboxylic acids is 2. The van der Waals surface area contributed by atoms with Gasteiger partial charge in [0.15, 0.2) is 0 Å². The third kappa shape index (κ3) is 5.11. The van der Waals surface area contributed by atoms with Gasteiger partial charge in [-0.15, -0.1) is 11.3 Å². The van der Waals surface area contributed by atoms with Crippen molar-refractivity contribution in [2.75, 3.05) is 11.9 Å². The molecule has 3 aromatic rings. The van der Waals surface area contributed by atoms with E-state index in [1.54, 1.807) is 31.2 Å². The fourth-order valence-corrected chi connectivity index (χ4v) is 4.48.